The van der Waals surface area contributed by atoms with Crippen molar-refractivity contribution in [3.8, 4) is 0 Å². The number of aryl methyl sites for hydroxylation is 2. The van der Waals surface area contributed by atoms with Crippen LogP contribution in [0, 0.1) is 13.8 Å². The van der Waals surface area contributed by atoms with Crippen LogP contribution in [-0.4, -0.2) is 41.5 Å². The molecule has 140 valence electrons. The summed E-state index contributed by atoms with van der Waals surface area (Å²) in [5.41, 5.74) is 3.57. The highest BCUT2D eigenvalue weighted by atomic mass is 16.5. The zero-order valence-corrected chi connectivity index (χ0v) is 15.6. The number of carbonyl (C=O) groups is 2. The molecule has 0 spiro atoms. The minimum absolute atomic E-state index is 0.160. The number of rotatable bonds is 6. The highest BCUT2D eigenvalue weighted by Crippen LogP contribution is 2.19. The molecule has 3 rings (SSSR count). The molecular weight excluding hydrogens is 344 g/mol. The van der Waals surface area contributed by atoms with E-state index in [-0.39, 0.29) is 23.3 Å². The van der Waals surface area contributed by atoms with E-state index in [9.17, 15) is 9.59 Å². The quantitative estimate of drug-likeness (QED) is 0.657. The van der Waals surface area contributed by atoms with Gasteiger partial charge in [0.15, 0.2) is 5.69 Å². The second-order valence-corrected chi connectivity index (χ2v) is 6.26. The number of carbonyl (C=O) groups excluding carboxylic acids is 2. The predicted molar refractivity (Wildman–Crippen MR) is 103 cm³/mol. The summed E-state index contributed by atoms with van der Waals surface area (Å²) in [6, 6.07) is 11.1. The van der Waals surface area contributed by atoms with E-state index in [1.807, 2.05) is 32.0 Å². The standard InChI is InChI=1S/C20H22N4O3/c1-13-7-8-15(14(2)12-13)22-19(25)17-16-6-4-5-10-24(16)18(23-17)20(26)21-9-11-27-3/h4-8,10,12H,9,11H2,1-3H3,(H,21,26)(H,22,25). The molecule has 3 aromatic rings. The van der Waals surface area contributed by atoms with Crippen LogP contribution in [0.2, 0.25) is 0 Å². The number of anilines is 1. The van der Waals surface area contributed by atoms with Gasteiger partial charge in [0, 0.05) is 25.5 Å². The topological polar surface area (TPSA) is 84.7 Å². The fourth-order valence-electron chi connectivity index (χ4n) is 2.85. The van der Waals surface area contributed by atoms with Crippen molar-refractivity contribution in [3.63, 3.8) is 0 Å². The minimum atomic E-state index is -0.362. The van der Waals surface area contributed by atoms with Crippen LogP contribution < -0.4 is 10.6 Å². The predicted octanol–water partition coefficient (Wildman–Crippen LogP) is 2.58. The Balaban J connectivity index is 1.92. The lowest BCUT2D eigenvalue weighted by molar-refractivity contribution is 0.0926. The largest absolute Gasteiger partial charge is 0.383 e. The molecule has 0 saturated heterocycles. The molecule has 0 radical (unpaired) electrons. The molecule has 0 aliphatic heterocycles. The number of nitrogens with zero attached hydrogens (tertiary/aromatic N) is 2. The molecule has 2 amide bonds. The van der Waals surface area contributed by atoms with E-state index < -0.39 is 0 Å². The molecule has 0 aliphatic rings. The van der Waals surface area contributed by atoms with Gasteiger partial charge in [-0.2, -0.15) is 0 Å². The van der Waals surface area contributed by atoms with Crippen molar-refractivity contribution >= 4 is 23.0 Å². The minimum Gasteiger partial charge on any atom is -0.383 e. The van der Waals surface area contributed by atoms with Crippen LogP contribution in [-0.2, 0) is 4.74 Å². The lowest BCUT2D eigenvalue weighted by Gasteiger charge is -2.08. The van der Waals surface area contributed by atoms with Gasteiger partial charge in [0.1, 0.15) is 0 Å². The highest BCUT2D eigenvalue weighted by Gasteiger charge is 2.21. The molecule has 0 saturated carbocycles. The Labute approximate surface area is 157 Å². The molecule has 2 heterocycles. The summed E-state index contributed by atoms with van der Waals surface area (Å²) in [6.45, 7) is 4.69. The molecule has 1 aromatic carbocycles. The summed E-state index contributed by atoms with van der Waals surface area (Å²) < 4.78 is 6.55. The molecule has 7 heteroatoms. The van der Waals surface area contributed by atoms with Crippen LogP contribution in [0.4, 0.5) is 5.69 Å². The summed E-state index contributed by atoms with van der Waals surface area (Å²) in [5.74, 6) is -0.562. The molecule has 0 aliphatic carbocycles. The first-order valence-corrected chi connectivity index (χ1v) is 8.64. The fourth-order valence-corrected chi connectivity index (χ4v) is 2.85. The van der Waals surface area contributed by atoms with E-state index in [0.29, 0.717) is 24.4 Å². The number of imidazole rings is 1. The summed E-state index contributed by atoms with van der Waals surface area (Å²) in [7, 11) is 1.56. The number of fused-ring (bicyclic) bond motifs is 1. The third-order valence-electron chi connectivity index (χ3n) is 4.19. The number of ether oxygens (including phenoxy) is 1. The van der Waals surface area contributed by atoms with Crippen LogP contribution in [0.15, 0.2) is 42.6 Å². The number of hydrogen-bond acceptors (Lipinski definition) is 4. The van der Waals surface area contributed by atoms with E-state index >= 15 is 0 Å². The molecule has 0 fully saturated rings. The van der Waals surface area contributed by atoms with E-state index in [1.165, 1.54) is 0 Å². The molecular formula is C20H22N4O3. The Bertz CT molecular complexity index is 994. The zero-order valence-electron chi connectivity index (χ0n) is 15.6. The van der Waals surface area contributed by atoms with E-state index in [4.69, 9.17) is 4.74 Å². The summed E-state index contributed by atoms with van der Waals surface area (Å²) >= 11 is 0. The zero-order chi connectivity index (χ0) is 19.4. The van der Waals surface area contributed by atoms with Crippen LogP contribution in [0.3, 0.4) is 0 Å². The van der Waals surface area contributed by atoms with Crippen molar-refractivity contribution in [1.29, 1.82) is 0 Å². The maximum absolute atomic E-state index is 12.8. The maximum Gasteiger partial charge on any atom is 0.287 e. The second kappa shape index (κ2) is 8.01. The lowest BCUT2D eigenvalue weighted by Crippen LogP contribution is -2.28. The second-order valence-electron chi connectivity index (χ2n) is 6.26. The maximum atomic E-state index is 12.8. The molecule has 7 nitrogen and oxygen atoms in total. The van der Waals surface area contributed by atoms with Crippen molar-refractivity contribution < 1.29 is 14.3 Å². The number of aromatic nitrogens is 2. The molecule has 27 heavy (non-hydrogen) atoms. The SMILES string of the molecule is COCCNC(=O)c1nc(C(=O)Nc2ccc(C)cc2C)c2ccccn12. The van der Waals surface area contributed by atoms with Crippen molar-refractivity contribution in [2.45, 2.75) is 13.8 Å². The Hall–Kier alpha value is -3.19. The number of nitrogens with one attached hydrogen (secondary N) is 2. The van der Waals surface area contributed by atoms with Gasteiger partial charge in [-0.25, -0.2) is 4.98 Å². The first-order chi connectivity index (χ1) is 13.0. The molecule has 0 bridgehead atoms. The highest BCUT2D eigenvalue weighted by molar-refractivity contribution is 6.09. The fraction of sp³-hybridized carbons (Fsp3) is 0.250. The van der Waals surface area contributed by atoms with Gasteiger partial charge >= 0.3 is 0 Å². The molecule has 0 atom stereocenters. The van der Waals surface area contributed by atoms with Crippen molar-refractivity contribution in [2.24, 2.45) is 0 Å². The van der Waals surface area contributed by atoms with Gasteiger partial charge in [0.25, 0.3) is 11.8 Å². The summed E-state index contributed by atoms with van der Waals surface area (Å²) in [4.78, 5) is 29.6. The van der Waals surface area contributed by atoms with Crippen LogP contribution in [0.5, 0.6) is 0 Å². The summed E-state index contributed by atoms with van der Waals surface area (Å²) in [6.07, 6.45) is 1.71. The van der Waals surface area contributed by atoms with Crippen molar-refractivity contribution in [3.05, 3.63) is 65.2 Å². The van der Waals surface area contributed by atoms with Gasteiger partial charge in [-0.3, -0.25) is 14.0 Å². The van der Waals surface area contributed by atoms with E-state index in [0.717, 1.165) is 11.1 Å². The number of pyridine rings is 1. The van der Waals surface area contributed by atoms with Gasteiger partial charge in [-0.05, 0) is 37.6 Å². The first kappa shape index (κ1) is 18.6. The van der Waals surface area contributed by atoms with Crippen molar-refractivity contribution in [2.75, 3.05) is 25.6 Å². The van der Waals surface area contributed by atoms with Crippen molar-refractivity contribution in [1.82, 2.24) is 14.7 Å². The van der Waals surface area contributed by atoms with E-state index in [1.54, 1.807) is 35.9 Å². The van der Waals surface area contributed by atoms with Gasteiger partial charge < -0.3 is 15.4 Å². The molecule has 0 unspecified atom stereocenters. The Kier molecular flexibility index (Phi) is 5.52. The summed E-state index contributed by atoms with van der Waals surface area (Å²) in [5, 5.41) is 5.61. The molecule has 2 aromatic heterocycles. The van der Waals surface area contributed by atoms with Gasteiger partial charge in [-0.15, -0.1) is 0 Å². The third kappa shape index (κ3) is 3.98. The smallest absolute Gasteiger partial charge is 0.287 e. The van der Waals surface area contributed by atoms with Gasteiger partial charge in [0.05, 0.1) is 12.1 Å². The van der Waals surface area contributed by atoms with Gasteiger partial charge in [-0.1, -0.05) is 23.8 Å². The number of methoxy groups -OCH3 is 1. The average Bonchev–Trinajstić information content (AvgIpc) is 3.04. The third-order valence-corrected chi connectivity index (χ3v) is 4.19. The van der Waals surface area contributed by atoms with Crippen LogP contribution >= 0.6 is 0 Å². The van der Waals surface area contributed by atoms with Crippen LogP contribution in [0.1, 0.15) is 32.2 Å². The van der Waals surface area contributed by atoms with Crippen LogP contribution in [0.25, 0.3) is 5.52 Å². The van der Waals surface area contributed by atoms with Gasteiger partial charge in [0.2, 0.25) is 5.82 Å². The number of amides is 2. The Morgan fingerprint density at radius 1 is 1.15 bits per heavy atom. The Morgan fingerprint density at radius 2 is 1.96 bits per heavy atom. The lowest BCUT2D eigenvalue weighted by atomic mass is 10.1. The number of benzene rings is 1. The molecule has 2 N–H and O–H groups in total. The monoisotopic (exact) mass is 366 g/mol. The average molecular weight is 366 g/mol. The first-order valence-electron chi connectivity index (χ1n) is 8.64. The number of hydrogen-bond donors (Lipinski definition) is 2. The Morgan fingerprint density at radius 3 is 2.70 bits per heavy atom. The normalized spacial score (nSPS) is 10.8. The van der Waals surface area contributed by atoms with E-state index in [2.05, 4.69) is 15.6 Å².